The van der Waals surface area contributed by atoms with E-state index < -0.39 is 6.09 Å². The summed E-state index contributed by atoms with van der Waals surface area (Å²) in [7, 11) is 0. The summed E-state index contributed by atoms with van der Waals surface area (Å²) in [5, 5.41) is 8.98. The van der Waals surface area contributed by atoms with Crippen molar-refractivity contribution in [2.45, 2.75) is 32.2 Å². The molecule has 1 aromatic rings. The second-order valence-corrected chi connectivity index (χ2v) is 7.72. The average Bonchev–Trinajstić information content (AvgIpc) is 3.11. The van der Waals surface area contributed by atoms with E-state index in [9.17, 15) is 9.59 Å². The second-order valence-electron chi connectivity index (χ2n) is 7.72. The van der Waals surface area contributed by atoms with Gasteiger partial charge >= 0.3 is 6.09 Å². The van der Waals surface area contributed by atoms with E-state index >= 15 is 0 Å². The van der Waals surface area contributed by atoms with Gasteiger partial charge in [-0.15, -0.1) is 0 Å². The molecule has 0 bridgehead atoms. The minimum Gasteiger partial charge on any atom is -0.494 e. The third-order valence-electron chi connectivity index (χ3n) is 5.74. The Morgan fingerprint density at radius 2 is 1.82 bits per heavy atom. The Morgan fingerprint density at radius 1 is 1.11 bits per heavy atom. The number of carboxylic acid groups (broad SMARTS) is 1. The van der Waals surface area contributed by atoms with Gasteiger partial charge in [0, 0.05) is 44.3 Å². The molecule has 154 valence electrons. The van der Waals surface area contributed by atoms with E-state index in [-0.39, 0.29) is 5.78 Å². The van der Waals surface area contributed by atoms with Crippen LogP contribution >= 0.6 is 0 Å². The van der Waals surface area contributed by atoms with Crippen molar-refractivity contribution in [3.05, 3.63) is 29.8 Å². The molecular formula is C21H31N3O4. The van der Waals surface area contributed by atoms with E-state index in [4.69, 9.17) is 9.84 Å². The monoisotopic (exact) mass is 389 g/mol. The number of nitrogens with zero attached hydrogens (tertiary/aromatic N) is 3. The smallest absolute Gasteiger partial charge is 0.407 e. The summed E-state index contributed by atoms with van der Waals surface area (Å²) in [6, 6.07) is 8.03. The van der Waals surface area contributed by atoms with Crippen LogP contribution in [0.3, 0.4) is 0 Å². The molecule has 1 unspecified atom stereocenters. The molecule has 1 amide bonds. The van der Waals surface area contributed by atoms with E-state index in [0.717, 1.165) is 18.7 Å². The van der Waals surface area contributed by atoms with Crippen molar-refractivity contribution in [1.82, 2.24) is 14.7 Å². The molecule has 1 N–H and O–H groups in total. The molecule has 3 rings (SSSR count). The maximum atomic E-state index is 12.5. The first-order valence-electron chi connectivity index (χ1n) is 10.2. The lowest BCUT2D eigenvalue weighted by Crippen LogP contribution is -2.49. The van der Waals surface area contributed by atoms with Crippen LogP contribution in [0.15, 0.2) is 24.3 Å². The normalized spacial score (nSPS) is 21.0. The van der Waals surface area contributed by atoms with Crippen LogP contribution in [-0.4, -0.2) is 90.1 Å². The van der Waals surface area contributed by atoms with Crippen molar-refractivity contribution in [2.24, 2.45) is 0 Å². The van der Waals surface area contributed by atoms with Gasteiger partial charge in [-0.1, -0.05) is 0 Å². The van der Waals surface area contributed by atoms with Gasteiger partial charge in [0.1, 0.15) is 5.75 Å². The SMILES string of the molecule is CC1CCCN1CCCOc1ccc(C(=O)CN2CCN(C(=O)O)CC2)cc1. The van der Waals surface area contributed by atoms with Crippen molar-refractivity contribution in [2.75, 3.05) is 52.4 Å². The molecule has 7 heteroatoms. The van der Waals surface area contributed by atoms with Crippen LogP contribution in [-0.2, 0) is 0 Å². The van der Waals surface area contributed by atoms with Crippen LogP contribution in [0.1, 0.15) is 36.5 Å². The highest BCUT2D eigenvalue weighted by atomic mass is 16.5. The van der Waals surface area contributed by atoms with E-state index in [1.54, 1.807) is 0 Å². The summed E-state index contributed by atoms with van der Waals surface area (Å²) < 4.78 is 5.81. The zero-order valence-corrected chi connectivity index (χ0v) is 16.7. The Balaban J connectivity index is 1.37. The Hall–Kier alpha value is -2.12. The summed E-state index contributed by atoms with van der Waals surface area (Å²) in [5.74, 6) is 0.847. The van der Waals surface area contributed by atoms with Gasteiger partial charge in [0.05, 0.1) is 13.2 Å². The Bertz CT molecular complexity index is 656. The first-order chi connectivity index (χ1) is 13.5. The number of ether oxygens (including phenoxy) is 1. The van der Waals surface area contributed by atoms with Crippen molar-refractivity contribution in [1.29, 1.82) is 0 Å². The molecule has 2 saturated heterocycles. The van der Waals surface area contributed by atoms with Gasteiger partial charge in [0.15, 0.2) is 5.78 Å². The van der Waals surface area contributed by atoms with Crippen molar-refractivity contribution < 1.29 is 19.4 Å². The number of Topliss-reactive ketones (excluding diaryl/α,β-unsaturated/α-hetero) is 1. The summed E-state index contributed by atoms with van der Waals surface area (Å²) >= 11 is 0. The van der Waals surface area contributed by atoms with E-state index in [1.807, 2.05) is 29.2 Å². The molecule has 2 aliphatic rings. The number of piperazine rings is 1. The highest BCUT2D eigenvalue weighted by Crippen LogP contribution is 2.17. The van der Waals surface area contributed by atoms with Crippen LogP contribution in [0.5, 0.6) is 5.75 Å². The molecular weight excluding hydrogens is 358 g/mol. The van der Waals surface area contributed by atoms with Crippen molar-refractivity contribution >= 4 is 11.9 Å². The van der Waals surface area contributed by atoms with Gasteiger partial charge in [-0.05, 0) is 57.0 Å². The maximum absolute atomic E-state index is 12.5. The minimum atomic E-state index is -0.892. The molecule has 7 nitrogen and oxygen atoms in total. The molecule has 1 aromatic carbocycles. The fraction of sp³-hybridized carbons (Fsp3) is 0.619. The van der Waals surface area contributed by atoms with Gasteiger partial charge in [0.2, 0.25) is 0 Å². The number of carbonyl (C=O) groups excluding carboxylic acids is 1. The fourth-order valence-electron chi connectivity index (χ4n) is 3.91. The molecule has 0 aromatic heterocycles. The lowest BCUT2D eigenvalue weighted by molar-refractivity contribution is 0.0835. The van der Waals surface area contributed by atoms with Gasteiger partial charge in [0.25, 0.3) is 0 Å². The van der Waals surface area contributed by atoms with Gasteiger partial charge in [-0.25, -0.2) is 4.79 Å². The van der Waals surface area contributed by atoms with Crippen LogP contribution in [0.25, 0.3) is 0 Å². The molecule has 28 heavy (non-hydrogen) atoms. The molecule has 0 radical (unpaired) electrons. The fourth-order valence-corrected chi connectivity index (χ4v) is 3.91. The first kappa shape index (κ1) is 20.6. The Labute approximate surface area is 166 Å². The summed E-state index contributed by atoms with van der Waals surface area (Å²) in [6.07, 6.45) is 2.71. The van der Waals surface area contributed by atoms with Crippen molar-refractivity contribution in [3.63, 3.8) is 0 Å². The summed E-state index contributed by atoms with van der Waals surface area (Å²) in [4.78, 5) is 29.3. The molecule has 1 atom stereocenters. The quantitative estimate of drug-likeness (QED) is 0.544. The van der Waals surface area contributed by atoms with Crippen molar-refractivity contribution in [3.8, 4) is 5.75 Å². The number of carbonyl (C=O) groups is 2. The Morgan fingerprint density at radius 3 is 2.43 bits per heavy atom. The van der Waals surface area contributed by atoms with E-state index in [0.29, 0.717) is 50.9 Å². The molecule has 2 heterocycles. The summed E-state index contributed by atoms with van der Waals surface area (Å²) in [5.41, 5.74) is 0.666. The largest absolute Gasteiger partial charge is 0.494 e. The number of rotatable bonds is 8. The number of amides is 1. The molecule has 2 fully saturated rings. The Kier molecular flexibility index (Phi) is 7.28. The first-order valence-corrected chi connectivity index (χ1v) is 10.2. The number of benzene rings is 1. The number of ketones is 1. The predicted molar refractivity (Wildman–Crippen MR) is 107 cm³/mol. The third-order valence-corrected chi connectivity index (χ3v) is 5.74. The highest BCUT2D eigenvalue weighted by molar-refractivity contribution is 5.97. The molecule has 0 aliphatic carbocycles. The lowest BCUT2D eigenvalue weighted by atomic mass is 10.1. The topological polar surface area (TPSA) is 73.3 Å². The number of hydrogen-bond acceptors (Lipinski definition) is 5. The molecule has 2 aliphatic heterocycles. The summed E-state index contributed by atoms with van der Waals surface area (Å²) in [6.45, 7) is 7.65. The van der Waals surface area contributed by atoms with E-state index in [2.05, 4.69) is 11.8 Å². The van der Waals surface area contributed by atoms with Crippen LogP contribution < -0.4 is 4.74 Å². The zero-order valence-electron chi connectivity index (χ0n) is 16.7. The standard InChI is InChI=1S/C21H31N3O4/c1-17-4-2-9-23(17)10-3-15-28-19-7-5-18(6-8-19)20(25)16-22-11-13-24(14-12-22)21(26)27/h5-8,17H,2-4,9-16H2,1H3,(H,26,27). The zero-order chi connectivity index (χ0) is 19.9. The number of likely N-dealkylation sites (tertiary alicyclic amines) is 1. The second kappa shape index (κ2) is 9.89. The van der Waals surface area contributed by atoms with Crippen LogP contribution in [0.4, 0.5) is 4.79 Å². The maximum Gasteiger partial charge on any atom is 0.407 e. The highest BCUT2D eigenvalue weighted by Gasteiger charge is 2.22. The van der Waals surface area contributed by atoms with Gasteiger partial charge in [-0.2, -0.15) is 0 Å². The molecule has 0 spiro atoms. The third kappa shape index (κ3) is 5.69. The predicted octanol–water partition coefficient (Wildman–Crippen LogP) is 2.42. The average molecular weight is 389 g/mol. The van der Waals surface area contributed by atoms with Gasteiger partial charge < -0.3 is 19.6 Å². The van der Waals surface area contributed by atoms with Crippen LogP contribution in [0.2, 0.25) is 0 Å². The number of hydrogen-bond donors (Lipinski definition) is 1. The lowest BCUT2D eigenvalue weighted by Gasteiger charge is -2.32. The van der Waals surface area contributed by atoms with Gasteiger partial charge in [-0.3, -0.25) is 9.69 Å². The van der Waals surface area contributed by atoms with Crippen LogP contribution in [0, 0.1) is 0 Å². The molecule has 0 saturated carbocycles. The minimum absolute atomic E-state index is 0.0540. The van der Waals surface area contributed by atoms with E-state index in [1.165, 1.54) is 24.3 Å².